The molecule has 12 heteroatoms. The Labute approximate surface area is 193 Å². The van der Waals surface area contributed by atoms with Crippen LogP contribution in [0.4, 0.5) is 36.3 Å². The van der Waals surface area contributed by atoms with Crippen LogP contribution in [-0.2, 0) is 4.79 Å². The molecular weight excluding hydrogens is 451 g/mol. The number of hydrogen-bond acceptors (Lipinski definition) is 7. The predicted octanol–water partition coefficient (Wildman–Crippen LogP) is 3.60. The number of aromatic nitrogens is 4. The van der Waals surface area contributed by atoms with E-state index in [-0.39, 0.29) is 17.5 Å². The van der Waals surface area contributed by atoms with Gasteiger partial charge in [-0.05, 0) is 31.9 Å². The Bertz CT molecular complexity index is 1270. The molecule has 178 valence electrons. The Morgan fingerprint density at radius 2 is 1.97 bits per heavy atom. The molecule has 0 saturated heterocycles. The Kier molecular flexibility index (Phi) is 4.92. The number of alkyl halides is 3. The number of nitrogens with one attached hydrogen (secondary N) is 1. The minimum absolute atomic E-state index is 0.0383. The highest BCUT2D eigenvalue weighted by molar-refractivity contribution is 6.09. The molecule has 3 aromatic rings. The molecule has 1 aliphatic heterocycles. The molecule has 0 radical (unpaired) electrons. The highest BCUT2D eigenvalue weighted by Gasteiger charge is 2.60. The number of hydrogen-bond donors (Lipinski definition) is 1. The van der Waals surface area contributed by atoms with Crippen molar-refractivity contribution in [2.24, 2.45) is 0 Å². The minimum Gasteiger partial charge on any atom is -0.494 e. The maximum Gasteiger partial charge on any atom is 0.406 e. The number of methoxy groups -OCH3 is 1. The van der Waals surface area contributed by atoms with Crippen LogP contribution in [0.3, 0.4) is 0 Å². The number of imidazole rings is 1. The van der Waals surface area contributed by atoms with Crippen molar-refractivity contribution in [2.75, 3.05) is 35.8 Å². The summed E-state index contributed by atoms with van der Waals surface area (Å²) in [5.41, 5.74) is 0.487. The van der Waals surface area contributed by atoms with E-state index in [1.807, 2.05) is 29.8 Å². The van der Waals surface area contributed by atoms with E-state index in [2.05, 4.69) is 20.3 Å². The number of benzene rings is 1. The molecule has 1 amide bonds. The molecule has 2 aliphatic rings. The molecule has 2 aromatic heterocycles. The van der Waals surface area contributed by atoms with Crippen molar-refractivity contribution in [3.8, 4) is 11.4 Å². The quantitative estimate of drug-likeness (QED) is 0.606. The van der Waals surface area contributed by atoms with Gasteiger partial charge in [0.15, 0.2) is 5.82 Å². The van der Waals surface area contributed by atoms with E-state index in [4.69, 9.17) is 4.74 Å². The zero-order valence-corrected chi connectivity index (χ0v) is 18.7. The fourth-order valence-electron chi connectivity index (χ4n) is 4.29. The summed E-state index contributed by atoms with van der Waals surface area (Å²) in [5.74, 6) is 1.28. The lowest BCUT2D eigenvalue weighted by Crippen LogP contribution is -2.56. The monoisotopic (exact) mass is 473 g/mol. The number of fused-ring (bicyclic) bond motifs is 1. The predicted molar refractivity (Wildman–Crippen MR) is 119 cm³/mol. The normalized spacial score (nSPS) is 16.6. The highest BCUT2D eigenvalue weighted by atomic mass is 19.4. The Balaban J connectivity index is 1.47. The largest absolute Gasteiger partial charge is 0.494 e. The number of likely N-dealkylation sites (N-methyl/N-ethyl adjacent to an activating group) is 1. The molecule has 1 aromatic carbocycles. The summed E-state index contributed by atoms with van der Waals surface area (Å²) in [6.45, 7) is 0.499. The Hall–Kier alpha value is -3.83. The second kappa shape index (κ2) is 7.61. The number of anilines is 4. The first-order valence-electron chi connectivity index (χ1n) is 10.6. The van der Waals surface area contributed by atoms with Gasteiger partial charge in [-0.1, -0.05) is 0 Å². The molecule has 1 fully saturated rings. The maximum absolute atomic E-state index is 13.2. The molecular formula is C22H22F3N7O2. The zero-order valence-electron chi connectivity index (χ0n) is 18.7. The standard InChI is InChI=1S/C22H22F3N7O2/c1-13-26-8-9-31(13)15-5-4-14(10-17(15)34-3)28-20-27-11-16-18(29-20)30(2)21(6-7-21)19(33)32(16)12-22(23,24)25/h4-5,8-11H,6-7,12H2,1-3H3,(H,27,28,29). The van der Waals surface area contributed by atoms with Crippen LogP contribution in [0, 0.1) is 6.92 Å². The summed E-state index contributed by atoms with van der Waals surface area (Å²) < 4.78 is 47.0. The third-order valence-electron chi connectivity index (χ3n) is 6.23. The van der Waals surface area contributed by atoms with Gasteiger partial charge in [-0.3, -0.25) is 9.69 Å². The lowest BCUT2D eigenvalue weighted by atomic mass is 10.1. The lowest BCUT2D eigenvalue weighted by Gasteiger charge is -2.40. The average Bonchev–Trinajstić information content (AvgIpc) is 3.49. The number of halogens is 3. The van der Waals surface area contributed by atoms with Crippen LogP contribution in [0.5, 0.6) is 5.75 Å². The van der Waals surface area contributed by atoms with Crippen LogP contribution in [0.25, 0.3) is 5.69 Å². The number of amides is 1. The molecule has 0 unspecified atom stereocenters. The van der Waals surface area contributed by atoms with Crippen LogP contribution in [-0.4, -0.2) is 57.8 Å². The van der Waals surface area contributed by atoms with Gasteiger partial charge in [0, 0.05) is 31.2 Å². The number of ether oxygens (including phenoxy) is 1. The molecule has 1 spiro atoms. The number of nitrogens with zero attached hydrogens (tertiary/aromatic N) is 6. The summed E-state index contributed by atoms with van der Waals surface area (Å²) in [7, 11) is 3.23. The Morgan fingerprint density at radius 1 is 1.21 bits per heavy atom. The van der Waals surface area contributed by atoms with E-state index in [0.717, 1.165) is 16.4 Å². The van der Waals surface area contributed by atoms with Gasteiger partial charge in [0.1, 0.15) is 29.3 Å². The smallest absolute Gasteiger partial charge is 0.406 e. The van der Waals surface area contributed by atoms with Crippen molar-refractivity contribution in [1.29, 1.82) is 0 Å². The fraction of sp³-hybridized carbons (Fsp3) is 0.364. The molecule has 1 saturated carbocycles. The first-order valence-corrected chi connectivity index (χ1v) is 10.6. The van der Waals surface area contributed by atoms with E-state index < -0.39 is 24.2 Å². The number of aryl methyl sites for hydroxylation is 1. The molecule has 1 N–H and O–H groups in total. The third kappa shape index (κ3) is 3.58. The van der Waals surface area contributed by atoms with Gasteiger partial charge in [-0.25, -0.2) is 9.97 Å². The van der Waals surface area contributed by atoms with Gasteiger partial charge >= 0.3 is 6.18 Å². The lowest BCUT2D eigenvalue weighted by molar-refractivity contribution is -0.134. The molecule has 0 bridgehead atoms. The second-order valence-corrected chi connectivity index (χ2v) is 8.36. The SMILES string of the molecule is COc1cc(Nc2ncc3c(n2)N(C)C2(CC2)C(=O)N3CC(F)(F)F)ccc1-n1ccnc1C. The van der Waals surface area contributed by atoms with Gasteiger partial charge in [0.2, 0.25) is 5.95 Å². The van der Waals surface area contributed by atoms with Gasteiger partial charge < -0.3 is 19.5 Å². The van der Waals surface area contributed by atoms with Crippen LogP contribution in [0.1, 0.15) is 18.7 Å². The molecule has 3 heterocycles. The summed E-state index contributed by atoms with van der Waals surface area (Å²) in [4.78, 5) is 28.1. The van der Waals surface area contributed by atoms with Gasteiger partial charge in [0.05, 0.1) is 19.0 Å². The van der Waals surface area contributed by atoms with E-state index in [9.17, 15) is 18.0 Å². The summed E-state index contributed by atoms with van der Waals surface area (Å²) in [6.07, 6.45) is 1.19. The van der Waals surface area contributed by atoms with Crippen LogP contribution in [0.2, 0.25) is 0 Å². The average molecular weight is 473 g/mol. The van der Waals surface area contributed by atoms with Crippen molar-refractivity contribution in [2.45, 2.75) is 31.5 Å². The fourth-order valence-corrected chi connectivity index (χ4v) is 4.29. The van der Waals surface area contributed by atoms with E-state index >= 15 is 0 Å². The van der Waals surface area contributed by atoms with Gasteiger partial charge in [-0.2, -0.15) is 18.2 Å². The van der Waals surface area contributed by atoms with Crippen molar-refractivity contribution in [3.05, 3.63) is 42.6 Å². The number of rotatable bonds is 5. The third-order valence-corrected chi connectivity index (χ3v) is 6.23. The first-order chi connectivity index (χ1) is 16.1. The number of carbonyl (C=O) groups excluding carboxylic acids is 1. The molecule has 1 aliphatic carbocycles. The Morgan fingerprint density at radius 3 is 2.59 bits per heavy atom. The van der Waals surface area contributed by atoms with E-state index in [1.165, 1.54) is 6.20 Å². The van der Waals surface area contributed by atoms with Crippen molar-refractivity contribution in [3.63, 3.8) is 0 Å². The molecule has 5 rings (SSSR count). The van der Waals surface area contributed by atoms with E-state index in [0.29, 0.717) is 24.3 Å². The van der Waals surface area contributed by atoms with Gasteiger partial charge in [-0.15, -0.1) is 0 Å². The summed E-state index contributed by atoms with van der Waals surface area (Å²) in [5, 5.41) is 3.08. The maximum atomic E-state index is 13.2. The topological polar surface area (TPSA) is 88.4 Å². The minimum atomic E-state index is -4.54. The van der Waals surface area contributed by atoms with Crippen molar-refractivity contribution in [1.82, 2.24) is 19.5 Å². The summed E-state index contributed by atoms with van der Waals surface area (Å²) >= 11 is 0. The second-order valence-electron chi connectivity index (χ2n) is 8.36. The molecule has 0 atom stereocenters. The van der Waals surface area contributed by atoms with Crippen molar-refractivity contribution < 1.29 is 22.7 Å². The summed E-state index contributed by atoms with van der Waals surface area (Å²) in [6, 6.07) is 5.43. The first kappa shape index (κ1) is 22.0. The van der Waals surface area contributed by atoms with E-state index in [1.54, 1.807) is 31.3 Å². The number of carbonyl (C=O) groups is 1. The molecule has 9 nitrogen and oxygen atoms in total. The van der Waals surface area contributed by atoms with Crippen molar-refractivity contribution >= 4 is 29.0 Å². The van der Waals surface area contributed by atoms with Crippen LogP contribution >= 0.6 is 0 Å². The molecule has 34 heavy (non-hydrogen) atoms. The van der Waals surface area contributed by atoms with Crippen LogP contribution in [0.15, 0.2) is 36.8 Å². The zero-order chi connectivity index (χ0) is 24.3. The van der Waals surface area contributed by atoms with Crippen LogP contribution < -0.4 is 19.9 Å². The highest BCUT2D eigenvalue weighted by Crippen LogP contribution is 2.51. The van der Waals surface area contributed by atoms with Gasteiger partial charge in [0.25, 0.3) is 5.91 Å².